The maximum Gasteiger partial charge on any atom is 0.325 e. The summed E-state index contributed by atoms with van der Waals surface area (Å²) in [5, 5.41) is 10.2. The molecule has 0 bridgehead atoms. The molecule has 4 rings (SSSR count). The van der Waals surface area contributed by atoms with Crippen LogP contribution in [0.1, 0.15) is 18.2 Å². The van der Waals surface area contributed by atoms with E-state index in [0.717, 1.165) is 15.5 Å². The average molecular weight is 436 g/mol. The minimum absolute atomic E-state index is 0.0717. The van der Waals surface area contributed by atoms with Crippen LogP contribution in [0.5, 0.6) is 0 Å². The van der Waals surface area contributed by atoms with Gasteiger partial charge in [0.05, 0.1) is 18.4 Å². The first-order chi connectivity index (χ1) is 13.3. The van der Waals surface area contributed by atoms with Gasteiger partial charge in [-0.3, -0.25) is 14.4 Å². The predicted octanol–water partition coefficient (Wildman–Crippen LogP) is 3.82. The molecule has 7 nitrogen and oxygen atoms in total. The molecule has 1 saturated heterocycles. The van der Waals surface area contributed by atoms with Gasteiger partial charge in [-0.05, 0) is 19.1 Å². The molecule has 3 aromatic rings. The number of aryl methyl sites for hydroxylation is 1. The van der Waals surface area contributed by atoms with Crippen molar-refractivity contribution >= 4 is 46.5 Å². The Labute approximate surface area is 174 Å². The smallest absolute Gasteiger partial charge is 0.319 e. The van der Waals surface area contributed by atoms with Gasteiger partial charge in [0.1, 0.15) is 10.5 Å². The van der Waals surface area contributed by atoms with Gasteiger partial charge in [0.15, 0.2) is 0 Å². The fourth-order valence-corrected chi connectivity index (χ4v) is 4.51. The number of amides is 3. The molecular weight excluding hydrogens is 421 g/mol. The number of nitrogens with one attached hydrogen (secondary N) is 1. The molecule has 1 N–H and O–H groups in total. The highest BCUT2D eigenvalue weighted by Gasteiger charge is 2.50. The van der Waals surface area contributed by atoms with Gasteiger partial charge < -0.3 is 5.32 Å². The minimum Gasteiger partial charge on any atom is -0.319 e. The molecule has 1 aliphatic heterocycles. The lowest BCUT2D eigenvalue weighted by Crippen LogP contribution is -2.41. The van der Waals surface area contributed by atoms with Crippen molar-refractivity contribution in [3.63, 3.8) is 0 Å². The first kappa shape index (κ1) is 18.9. The van der Waals surface area contributed by atoms with E-state index in [1.807, 2.05) is 18.6 Å². The molecule has 1 fully saturated rings. The Morgan fingerprint density at radius 2 is 2.07 bits per heavy atom. The number of halogens is 2. The highest BCUT2D eigenvalue weighted by Crippen LogP contribution is 2.35. The van der Waals surface area contributed by atoms with Gasteiger partial charge >= 0.3 is 6.03 Å². The summed E-state index contributed by atoms with van der Waals surface area (Å²) in [5.74, 6) is -0.391. The average Bonchev–Trinajstić information content (AvgIpc) is 3.31. The zero-order chi connectivity index (χ0) is 20.1. The zero-order valence-corrected chi connectivity index (χ0v) is 17.3. The van der Waals surface area contributed by atoms with Gasteiger partial charge in [0, 0.05) is 39.8 Å². The standard InChI is InChI=1S/C18H15Cl2N5O2S/c1-18(13-4-3-11(19)5-14(13)20)16(26)25(17(27)23-18)8-12-9-28-15(22-12)10-6-21-24(2)7-10/h3-7,9H,8H2,1-2H3,(H,23,27). The zero-order valence-electron chi connectivity index (χ0n) is 14.9. The van der Waals surface area contributed by atoms with Crippen LogP contribution in [0.3, 0.4) is 0 Å². The number of aromatic nitrogens is 3. The van der Waals surface area contributed by atoms with Crippen molar-refractivity contribution in [2.75, 3.05) is 0 Å². The Balaban J connectivity index is 1.59. The van der Waals surface area contributed by atoms with E-state index in [9.17, 15) is 9.59 Å². The van der Waals surface area contributed by atoms with Crippen LogP contribution in [0.4, 0.5) is 4.79 Å². The lowest BCUT2D eigenvalue weighted by atomic mass is 9.92. The lowest BCUT2D eigenvalue weighted by molar-refractivity contribution is -0.131. The van der Waals surface area contributed by atoms with Crippen LogP contribution in [-0.4, -0.2) is 31.6 Å². The van der Waals surface area contributed by atoms with E-state index in [-0.39, 0.29) is 6.54 Å². The van der Waals surface area contributed by atoms with Gasteiger partial charge in [-0.1, -0.05) is 29.3 Å². The van der Waals surface area contributed by atoms with E-state index in [2.05, 4.69) is 15.4 Å². The summed E-state index contributed by atoms with van der Waals surface area (Å²) in [7, 11) is 1.83. The first-order valence-electron chi connectivity index (χ1n) is 8.31. The number of nitrogens with zero attached hydrogens (tertiary/aromatic N) is 4. The fourth-order valence-electron chi connectivity index (χ4n) is 3.12. The Morgan fingerprint density at radius 1 is 1.29 bits per heavy atom. The molecule has 0 spiro atoms. The first-order valence-corrected chi connectivity index (χ1v) is 9.94. The molecule has 1 aliphatic rings. The van der Waals surface area contributed by atoms with E-state index >= 15 is 0 Å². The van der Waals surface area contributed by atoms with Gasteiger partial charge in [-0.2, -0.15) is 5.10 Å². The van der Waals surface area contributed by atoms with Crippen molar-refractivity contribution < 1.29 is 9.59 Å². The summed E-state index contributed by atoms with van der Waals surface area (Å²) in [6.07, 6.45) is 3.58. The lowest BCUT2D eigenvalue weighted by Gasteiger charge is -2.23. The quantitative estimate of drug-likeness (QED) is 0.631. The van der Waals surface area contributed by atoms with Crippen molar-refractivity contribution in [1.29, 1.82) is 0 Å². The molecule has 1 atom stereocenters. The summed E-state index contributed by atoms with van der Waals surface area (Å²) >= 11 is 13.6. The largest absolute Gasteiger partial charge is 0.325 e. The number of carbonyl (C=O) groups is 2. The molecule has 3 heterocycles. The maximum absolute atomic E-state index is 13.1. The van der Waals surface area contributed by atoms with E-state index < -0.39 is 17.5 Å². The molecule has 3 amide bonds. The van der Waals surface area contributed by atoms with Crippen LogP contribution >= 0.6 is 34.5 Å². The van der Waals surface area contributed by atoms with E-state index in [1.54, 1.807) is 36.0 Å². The topological polar surface area (TPSA) is 80.1 Å². The van der Waals surface area contributed by atoms with Crippen molar-refractivity contribution in [1.82, 2.24) is 25.0 Å². The summed E-state index contributed by atoms with van der Waals surface area (Å²) in [5.41, 5.74) is 0.738. The van der Waals surface area contributed by atoms with Gasteiger partial charge in [-0.15, -0.1) is 11.3 Å². The van der Waals surface area contributed by atoms with Crippen LogP contribution < -0.4 is 5.32 Å². The number of imide groups is 1. The maximum atomic E-state index is 13.1. The normalized spacial score (nSPS) is 19.4. The summed E-state index contributed by atoms with van der Waals surface area (Å²) < 4.78 is 1.69. The van der Waals surface area contributed by atoms with Crippen LogP contribution in [-0.2, 0) is 23.9 Å². The SMILES string of the molecule is Cn1cc(-c2nc(CN3C(=O)NC(C)(c4ccc(Cl)cc4Cl)C3=O)cs2)cn1. The molecule has 0 radical (unpaired) electrons. The molecule has 0 aliphatic carbocycles. The number of hydrogen-bond acceptors (Lipinski definition) is 5. The van der Waals surface area contributed by atoms with Gasteiger partial charge in [0.2, 0.25) is 0 Å². The van der Waals surface area contributed by atoms with E-state index in [4.69, 9.17) is 23.2 Å². The monoisotopic (exact) mass is 435 g/mol. The molecule has 2 aromatic heterocycles. The Kier molecular flexibility index (Phi) is 4.65. The summed E-state index contributed by atoms with van der Waals surface area (Å²) in [4.78, 5) is 31.3. The fraction of sp³-hybridized carbons (Fsp3) is 0.222. The number of urea groups is 1. The van der Waals surface area contributed by atoms with Gasteiger partial charge in [0.25, 0.3) is 5.91 Å². The second-order valence-corrected chi connectivity index (χ2v) is 8.32. The molecule has 28 heavy (non-hydrogen) atoms. The van der Waals surface area contributed by atoms with Crippen LogP contribution in [0, 0.1) is 0 Å². The van der Waals surface area contributed by atoms with Crippen molar-refractivity contribution in [3.8, 4) is 10.6 Å². The molecular formula is C18H15Cl2N5O2S. The molecule has 1 aromatic carbocycles. The van der Waals surface area contributed by atoms with Gasteiger partial charge in [-0.25, -0.2) is 9.78 Å². The molecule has 10 heteroatoms. The summed E-state index contributed by atoms with van der Waals surface area (Å²) in [6.45, 7) is 1.70. The Morgan fingerprint density at radius 3 is 2.75 bits per heavy atom. The third-order valence-corrected chi connectivity index (χ3v) is 6.06. The Bertz CT molecular complexity index is 1100. The van der Waals surface area contributed by atoms with Crippen LogP contribution in [0.2, 0.25) is 10.0 Å². The number of hydrogen-bond donors (Lipinski definition) is 1. The van der Waals surface area contributed by atoms with Crippen molar-refractivity contribution in [3.05, 3.63) is 57.3 Å². The van der Waals surface area contributed by atoms with Crippen LogP contribution in [0.15, 0.2) is 36.0 Å². The minimum atomic E-state index is -1.26. The second-order valence-electron chi connectivity index (χ2n) is 6.62. The molecule has 1 unspecified atom stereocenters. The number of thiazole rings is 1. The third-order valence-electron chi connectivity index (χ3n) is 4.57. The number of carbonyl (C=O) groups excluding carboxylic acids is 2. The predicted molar refractivity (Wildman–Crippen MR) is 107 cm³/mol. The molecule has 0 saturated carbocycles. The third kappa shape index (κ3) is 3.17. The Hall–Kier alpha value is -2.42. The number of rotatable bonds is 4. The van der Waals surface area contributed by atoms with Crippen molar-refractivity contribution in [2.45, 2.75) is 19.0 Å². The highest BCUT2D eigenvalue weighted by molar-refractivity contribution is 7.13. The molecule has 144 valence electrons. The van der Waals surface area contributed by atoms with Crippen LogP contribution in [0.25, 0.3) is 10.6 Å². The van der Waals surface area contributed by atoms with E-state index in [1.165, 1.54) is 11.3 Å². The highest BCUT2D eigenvalue weighted by atomic mass is 35.5. The number of benzene rings is 1. The van der Waals surface area contributed by atoms with E-state index in [0.29, 0.717) is 21.3 Å². The second kappa shape index (κ2) is 6.88. The summed E-state index contributed by atoms with van der Waals surface area (Å²) in [6, 6.07) is 4.34. The van der Waals surface area contributed by atoms with Crippen molar-refractivity contribution in [2.24, 2.45) is 7.05 Å².